The van der Waals surface area contributed by atoms with Crippen molar-refractivity contribution in [1.82, 2.24) is 4.90 Å². The van der Waals surface area contributed by atoms with Crippen molar-refractivity contribution in [2.75, 3.05) is 19.7 Å². The summed E-state index contributed by atoms with van der Waals surface area (Å²) in [7, 11) is 0. The average molecular weight is 287 g/mol. The molecule has 2 heterocycles. The van der Waals surface area contributed by atoms with Gasteiger partial charge in [0.25, 0.3) is 5.91 Å². The highest BCUT2D eigenvalue weighted by molar-refractivity contribution is 5.99. The molecule has 1 amide bonds. The molecule has 0 N–H and O–H groups in total. The fourth-order valence-electron chi connectivity index (χ4n) is 2.89. The summed E-state index contributed by atoms with van der Waals surface area (Å²) in [5.41, 5.74) is 1.36. The lowest BCUT2D eigenvalue weighted by Gasteiger charge is -2.20. The van der Waals surface area contributed by atoms with Crippen LogP contribution in [0.15, 0.2) is 28.9 Å². The zero-order chi connectivity index (χ0) is 14.7. The quantitative estimate of drug-likeness (QED) is 0.861. The second-order valence-corrected chi connectivity index (χ2v) is 5.45. The summed E-state index contributed by atoms with van der Waals surface area (Å²) in [6, 6.07) is 5.54. The fraction of sp³-hybridized carbons (Fsp3) is 0.471. The lowest BCUT2D eigenvalue weighted by molar-refractivity contribution is 0.0761. The van der Waals surface area contributed by atoms with E-state index in [9.17, 15) is 4.79 Å². The SMILES string of the molecule is CCOc1cc(C(=O)N2CCCCCC2)cc2occc12. The average Bonchev–Trinajstić information content (AvgIpc) is 2.80. The van der Waals surface area contributed by atoms with Gasteiger partial charge in [-0.2, -0.15) is 0 Å². The molecule has 1 aromatic heterocycles. The van der Waals surface area contributed by atoms with E-state index in [0.717, 1.165) is 37.1 Å². The van der Waals surface area contributed by atoms with Crippen LogP contribution in [0.25, 0.3) is 11.0 Å². The standard InChI is InChI=1S/C17H21NO3/c1-2-20-15-11-13(12-16-14(15)7-10-21-16)17(19)18-8-5-3-4-6-9-18/h7,10-12H,2-6,8-9H2,1H3. The van der Waals surface area contributed by atoms with E-state index in [1.54, 1.807) is 6.26 Å². The van der Waals surface area contributed by atoms with Gasteiger partial charge in [-0.3, -0.25) is 4.79 Å². The van der Waals surface area contributed by atoms with Crippen LogP contribution >= 0.6 is 0 Å². The van der Waals surface area contributed by atoms with Crippen molar-refractivity contribution in [2.24, 2.45) is 0 Å². The first kappa shape index (κ1) is 14.0. The van der Waals surface area contributed by atoms with Crippen molar-refractivity contribution in [3.63, 3.8) is 0 Å². The largest absolute Gasteiger partial charge is 0.493 e. The van der Waals surface area contributed by atoms with Gasteiger partial charge in [0.1, 0.15) is 11.3 Å². The molecule has 3 rings (SSSR count). The number of hydrogen-bond acceptors (Lipinski definition) is 3. The molecule has 0 spiro atoms. The molecule has 4 heteroatoms. The number of likely N-dealkylation sites (tertiary alicyclic amines) is 1. The van der Waals surface area contributed by atoms with Gasteiger partial charge in [-0.05, 0) is 38.0 Å². The van der Waals surface area contributed by atoms with Crippen LogP contribution in [0, 0.1) is 0 Å². The van der Waals surface area contributed by atoms with Gasteiger partial charge in [0.2, 0.25) is 0 Å². The Balaban J connectivity index is 1.93. The molecule has 1 aromatic carbocycles. The minimum atomic E-state index is 0.0798. The van der Waals surface area contributed by atoms with E-state index in [0.29, 0.717) is 17.8 Å². The van der Waals surface area contributed by atoms with Crippen LogP contribution in [-0.2, 0) is 0 Å². The lowest BCUT2D eigenvalue weighted by atomic mass is 10.1. The molecule has 0 unspecified atom stereocenters. The Morgan fingerprint density at radius 2 is 2.00 bits per heavy atom. The van der Waals surface area contributed by atoms with Gasteiger partial charge in [-0.25, -0.2) is 0 Å². The molecule has 0 bridgehead atoms. The van der Waals surface area contributed by atoms with Gasteiger partial charge in [-0.1, -0.05) is 12.8 Å². The minimum Gasteiger partial charge on any atom is -0.493 e. The normalized spacial score (nSPS) is 16.0. The molecule has 1 aliphatic heterocycles. The number of benzene rings is 1. The van der Waals surface area contributed by atoms with Gasteiger partial charge < -0.3 is 14.1 Å². The molecule has 2 aromatic rings. The van der Waals surface area contributed by atoms with Crippen LogP contribution in [0.2, 0.25) is 0 Å². The van der Waals surface area contributed by atoms with Crippen molar-refractivity contribution in [3.05, 3.63) is 30.0 Å². The van der Waals surface area contributed by atoms with E-state index in [2.05, 4.69) is 0 Å². The predicted octanol–water partition coefficient (Wildman–Crippen LogP) is 3.85. The Morgan fingerprint density at radius 1 is 1.24 bits per heavy atom. The Morgan fingerprint density at radius 3 is 2.71 bits per heavy atom. The van der Waals surface area contributed by atoms with Crippen molar-refractivity contribution in [2.45, 2.75) is 32.6 Å². The van der Waals surface area contributed by atoms with Crippen LogP contribution in [0.5, 0.6) is 5.75 Å². The number of ether oxygens (including phenoxy) is 1. The maximum Gasteiger partial charge on any atom is 0.254 e. The number of amides is 1. The number of fused-ring (bicyclic) bond motifs is 1. The molecule has 0 saturated carbocycles. The van der Waals surface area contributed by atoms with Gasteiger partial charge in [-0.15, -0.1) is 0 Å². The molecule has 0 radical (unpaired) electrons. The van der Waals surface area contributed by atoms with Gasteiger partial charge in [0.15, 0.2) is 0 Å². The van der Waals surface area contributed by atoms with Gasteiger partial charge >= 0.3 is 0 Å². The van der Waals surface area contributed by atoms with Crippen LogP contribution in [-0.4, -0.2) is 30.5 Å². The number of rotatable bonds is 3. The molecule has 112 valence electrons. The highest BCUT2D eigenvalue weighted by Gasteiger charge is 2.19. The maximum atomic E-state index is 12.7. The fourth-order valence-corrected chi connectivity index (χ4v) is 2.89. The van der Waals surface area contributed by atoms with E-state index in [-0.39, 0.29) is 5.91 Å². The predicted molar refractivity (Wildman–Crippen MR) is 81.8 cm³/mol. The lowest BCUT2D eigenvalue weighted by Crippen LogP contribution is -2.31. The van der Waals surface area contributed by atoms with E-state index < -0.39 is 0 Å². The first-order chi connectivity index (χ1) is 10.3. The van der Waals surface area contributed by atoms with E-state index in [1.807, 2.05) is 30.0 Å². The summed E-state index contributed by atoms with van der Waals surface area (Å²) in [4.78, 5) is 14.7. The van der Waals surface area contributed by atoms with Gasteiger partial charge in [0.05, 0.1) is 18.3 Å². The van der Waals surface area contributed by atoms with Crippen LogP contribution in [0.4, 0.5) is 0 Å². The molecule has 4 nitrogen and oxygen atoms in total. The van der Waals surface area contributed by atoms with Gasteiger partial charge in [0, 0.05) is 18.7 Å². The number of carbonyl (C=O) groups excluding carboxylic acids is 1. The number of carbonyl (C=O) groups is 1. The van der Waals surface area contributed by atoms with Crippen molar-refractivity contribution >= 4 is 16.9 Å². The zero-order valence-corrected chi connectivity index (χ0v) is 12.4. The molecule has 0 atom stereocenters. The maximum absolute atomic E-state index is 12.7. The smallest absolute Gasteiger partial charge is 0.254 e. The first-order valence-electron chi connectivity index (χ1n) is 7.73. The van der Waals surface area contributed by atoms with Crippen LogP contribution in [0.3, 0.4) is 0 Å². The van der Waals surface area contributed by atoms with E-state index in [4.69, 9.17) is 9.15 Å². The zero-order valence-electron chi connectivity index (χ0n) is 12.4. The van der Waals surface area contributed by atoms with Crippen LogP contribution in [0.1, 0.15) is 43.0 Å². The summed E-state index contributed by atoms with van der Waals surface area (Å²) in [5.74, 6) is 0.804. The summed E-state index contributed by atoms with van der Waals surface area (Å²) in [6.07, 6.45) is 6.24. The monoisotopic (exact) mass is 287 g/mol. The molecule has 1 saturated heterocycles. The summed E-state index contributed by atoms with van der Waals surface area (Å²) in [6.45, 7) is 4.20. The first-order valence-corrected chi connectivity index (χ1v) is 7.73. The second kappa shape index (κ2) is 6.20. The highest BCUT2D eigenvalue weighted by atomic mass is 16.5. The minimum absolute atomic E-state index is 0.0798. The number of furan rings is 1. The third kappa shape index (κ3) is 2.89. The number of nitrogens with zero attached hydrogens (tertiary/aromatic N) is 1. The van der Waals surface area contributed by atoms with Crippen molar-refractivity contribution in [1.29, 1.82) is 0 Å². The number of hydrogen-bond donors (Lipinski definition) is 0. The molecule has 1 aliphatic rings. The summed E-state index contributed by atoms with van der Waals surface area (Å²) in [5, 5.41) is 0.921. The third-order valence-corrected chi connectivity index (χ3v) is 3.97. The summed E-state index contributed by atoms with van der Waals surface area (Å²) < 4.78 is 11.1. The van der Waals surface area contributed by atoms with Crippen molar-refractivity contribution in [3.8, 4) is 5.75 Å². The Hall–Kier alpha value is -1.97. The molecule has 1 fully saturated rings. The Kier molecular flexibility index (Phi) is 4.13. The Labute approximate surface area is 124 Å². The molecular formula is C17H21NO3. The van der Waals surface area contributed by atoms with Crippen LogP contribution < -0.4 is 4.74 Å². The highest BCUT2D eigenvalue weighted by Crippen LogP contribution is 2.29. The topological polar surface area (TPSA) is 42.7 Å². The third-order valence-electron chi connectivity index (χ3n) is 3.97. The molecular weight excluding hydrogens is 266 g/mol. The second-order valence-electron chi connectivity index (χ2n) is 5.45. The Bertz CT molecular complexity index is 624. The molecule has 21 heavy (non-hydrogen) atoms. The van der Waals surface area contributed by atoms with E-state index >= 15 is 0 Å². The summed E-state index contributed by atoms with van der Waals surface area (Å²) >= 11 is 0. The molecule has 0 aliphatic carbocycles. The van der Waals surface area contributed by atoms with Crippen molar-refractivity contribution < 1.29 is 13.9 Å². The van der Waals surface area contributed by atoms with E-state index in [1.165, 1.54) is 12.8 Å².